The van der Waals surface area contributed by atoms with Crippen LogP contribution in [0.1, 0.15) is 420 Å². The second-order valence-corrected chi connectivity index (χ2v) is 36.3. The summed E-state index contributed by atoms with van der Waals surface area (Å²) in [6.45, 7) is 7.94. The van der Waals surface area contributed by atoms with E-state index in [0.717, 1.165) is 122 Å². The maximum atomic E-state index is 14.9. The average molecular weight is 1720 g/mol. The van der Waals surface area contributed by atoms with Gasteiger partial charge in [0.25, 0.3) is 0 Å². The number of carbonyl (C=O) groups excluding carboxylic acids is 4. The Labute approximate surface area is 718 Å². The van der Waals surface area contributed by atoms with E-state index in [1.807, 2.05) is 0 Å². The Balaban J connectivity index is 1.91. The number of esters is 4. The van der Waals surface area contributed by atoms with E-state index in [1.54, 1.807) is 0 Å². The van der Waals surface area contributed by atoms with Gasteiger partial charge in [0.15, 0.2) is 24.8 Å². The van der Waals surface area contributed by atoms with Gasteiger partial charge >= 0.3 is 31.7 Å². The molecule has 0 aromatic carbocycles. The number of phosphoric ester groups is 1. The maximum Gasteiger partial charge on any atom is 0.472 e. The highest BCUT2D eigenvalue weighted by Gasteiger charge is 2.60. The van der Waals surface area contributed by atoms with E-state index in [0.29, 0.717) is 38.0 Å². The lowest BCUT2D eigenvalue weighted by atomic mass is 9.84. The molecule has 3 rings (SSSR count). The van der Waals surface area contributed by atoms with Crippen molar-refractivity contribution in [2.45, 2.75) is 524 Å². The molecule has 19 unspecified atom stereocenters. The normalized spacial score (nSPS) is 25.1. The van der Waals surface area contributed by atoms with Gasteiger partial charge in [-0.25, -0.2) is 4.57 Å². The second kappa shape index (κ2) is 71.3. The van der Waals surface area contributed by atoms with Crippen molar-refractivity contribution < 1.29 is 122 Å². The Bertz CT molecular complexity index is 2530. The third-order valence-corrected chi connectivity index (χ3v) is 24.9. The Morgan fingerprint density at radius 3 is 1.09 bits per heavy atom. The highest BCUT2D eigenvalue weighted by atomic mass is 31.2. The lowest BCUT2D eigenvalue weighted by Crippen LogP contribution is -2.70. The summed E-state index contributed by atoms with van der Waals surface area (Å²) >= 11 is 0. The average Bonchev–Trinajstić information content (AvgIpc) is 0.754. The quantitative estimate of drug-likeness (QED) is 0.00889. The number of aliphatic hydroxyl groups excluding tert-OH is 9. The molecule has 1 aliphatic carbocycles. The molecule has 19 atom stereocenters. The first kappa shape index (κ1) is 110. The topological polar surface area (TPSA) is 380 Å². The fourth-order valence-corrected chi connectivity index (χ4v) is 17.1. The van der Waals surface area contributed by atoms with Crippen molar-refractivity contribution in [1.82, 2.24) is 0 Å². The van der Waals surface area contributed by atoms with Crippen molar-refractivity contribution in [2.24, 2.45) is 5.92 Å². The SMILES string of the molecule is CCCCCCCC/C=C\CCCCCC(=O)OC1C(O)C(O)C(OC2OC(CO)C(O)C(O)C2O)C(OP(=O)(O)OCC(COC(=O)CCCCCCCCCCCCCCCCC)OC(=O)CCCCCCCCC(C)CCCCCCCC)C1OC1OC(COC(=O)CCCCCCCCCCCCCCCCCC)C(O)C(O)C1O. The van der Waals surface area contributed by atoms with Gasteiger partial charge in [0.1, 0.15) is 92.6 Å². The Hall–Kier alpha value is -2.79. The number of rotatable bonds is 78. The molecule has 0 bridgehead atoms. The largest absolute Gasteiger partial charge is 0.472 e. The van der Waals surface area contributed by atoms with Gasteiger partial charge in [-0.15, -0.1) is 0 Å². The fourth-order valence-electron chi connectivity index (χ4n) is 16.1. The molecule has 3 aliphatic rings. The summed E-state index contributed by atoms with van der Waals surface area (Å²) < 4.78 is 73.5. The highest BCUT2D eigenvalue weighted by Crippen LogP contribution is 2.49. The number of hydrogen-bond donors (Lipinski definition) is 10. The molecule has 2 saturated heterocycles. The van der Waals surface area contributed by atoms with Crippen LogP contribution in [0.2, 0.25) is 0 Å². The fraction of sp³-hybridized carbons (Fsp3) is 0.935. The highest BCUT2D eigenvalue weighted by molar-refractivity contribution is 7.47. The van der Waals surface area contributed by atoms with Crippen LogP contribution in [0, 0.1) is 5.92 Å². The Kier molecular flexibility index (Phi) is 66.1. The molecule has 700 valence electrons. The third kappa shape index (κ3) is 51.6. The first-order valence-electron chi connectivity index (χ1n) is 48.3. The van der Waals surface area contributed by atoms with Gasteiger partial charge in [-0.05, 0) is 57.3 Å². The molecule has 0 amide bonds. The molecule has 0 radical (unpaired) electrons. The number of unbranched alkanes of at least 4 members (excludes halogenated alkanes) is 48. The first-order chi connectivity index (χ1) is 57.6. The molecule has 2 heterocycles. The van der Waals surface area contributed by atoms with E-state index in [1.165, 1.54) is 199 Å². The second-order valence-electron chi connectivity index (χ2n) is 34.9. The zero-order chi connectivity index (χ0) is 86.9. The number of ether oxygens (including phenoxy) is 8. The summed E-state index contributed by atoms with van der Waals surface area (Å²) in [4.78, 5) is 66.6. The summed E-state index contributed by atoms with van der Waals surface area (Å²) in [5, 5.41) is 102. The van der Waals surface area contributed by atoms with Crippen LogP contribution in [0.15, 0.2) is 12.2 Å². The van der Waals surface area contributed by atoms with Crippen LogP contribution < -0.4 is 0 Å². The standard InChI is InChI=1S/C93H173O25P/c1-6-10-14-18-22-25-28-31-33-35-38-40-43-46-53-59-65-77(96)110-71-75-81(100)83(102)87(106)93(114-75)117-90-88(115-79(98)67-61-54-47-44-41-36-30-27-24-20-16-12-8-3)84(103)85(104)89(116-92-86(105)82(101)80(99)74(68-94)113-92)91(90)118-119(107,108)111-70-73(69-109-76(95)64-58-52-45-42-39-37-34-32-29-26-23-19-15-11-7-2)112-78(97)66-60-55-49-48-51-57-63-72(5)62-56-50-21-17-13-9-4/h36,41,72-75,80-94,99-106H,6-35,37-40,42-71H2,1-5H3,(H,107,108)/b41-36-. The van der Waals surface area contributed by atoms with Crippen molar-refractivity contribution in [1.29, 1.82) is 0 Å². The van der Waals surface area contributed by atoms with Crippen LogP contribution in [0.25, 0.3) is 0 Å². The van der Waals surface area contributed by atoms with E-state index in [-0.39, 0.29) is 32.1 Å². The predicted octanol–water partition coefficient (Wildman–Crippen LogP) is 18.2. The van der Waals surface area contributed by atoms with E-state index < -0.39 is 162 Å². The molecule has 0 aromatic heterocycles. The van der Waals surface area contributed by atoms with Crippen LogP contribution in [-0.2, 0) is 70.7 Å². The predicted molar refractivity (Wildman–Crippen MR) is 463 cm³/mol. The lowest BCUT2D eigenvalue weighted by molar-refractivity contribution is -0.360. The van der Waals surface area contributed by atoms with Crippen molar-refractivity contribution in [2.75, 3.05) is 26.4 Å². The van der Waals surface area contributed by atoms with Crippen molar-refractivity contribution in [3.63, 3.8) is 0 Å². The van der Waals surface area contributed by atoms with Gasteiger partial charge in [-0.3, -0.25) is 28.2 Å². The van der Waals surface area contributed by atoms with E-state index in [4.69, 9.17) is 46.9 Å². The van der Waals surface area contributed by atoms with Crippen molar-refractivity contribution in [3.05, 3.63) is 12.2 Å². The van der Waals surface area contributed by atoms with E-state index in [2.05, 4.69) is 46.8 Å². The van der Waals surface area contributed by atoms with Crippen molar-refractivity contribution in [3.8, 4) is 0 Å². The molecule has 1 saturated carbocycles. The van der Waals surface area contributed by atoms with Gasteiger partial charge in [0.05, 0.1) is 13.2 Å². The molecular formula is C93H173O25P. The van der Waals surface area contributed by atoms with Crippen LogP contribution in [-0.4, -0.2) is 205 Å². The zero-order valence-corrected chi connectivity index (χ0v) is 75.7. The first-order valence-corrected chi connectivity index (χ1v) is 49.8. The van der Waals surface area contributed by atoms with Gasteiger partial charge in [-0.1, -0.05) is 355 Å². The van der Waals surface area contributed by atoms with Gasteiger partial charge < -0.3 is 88.7 Å². The van der Waals surface area contributed by atoms with Crippen LogP contribution >= 0.6 is 7.82 Å². The molecule has 25 nitrogen and oxygen atoms in total. The van der Waals surface area contributed by atoms with Crippen LogP contribution in [0.4, 0.5) is 0 Å². The number of phosphoric acid groups is 1. The lowest BCUT2D eigenvalue weighted by Gasteiger charge is -2.50. The molecule has 26 heteroatoms. The summed E-state index contributed by atoms with van der Waals surface area (Å²) in [5.41, 5.74) is 0. The number of allylic oxidation sites excluding steroid dienone is 2. The Morgan fingerprint density at radius 1 is 0.353 bits per heavy atom. The molecule has 119 heavy (non-hydrogen) atoms. The monoisotopic (exact) mass is 1720 g/mol. The van der Waals surface area contributed by atoms with Crippen LogP contribution in [0.5, 0.6) is 0 Å². The minimum absolute atomic E-state index is 0.0171. The van der Waals surface area contributed by atoms with E-state index in [9.17, 15) is 74.6 Å². The minimum Gasteiger partial charge on any atom is -0.463 e. The molecular weight excluding hydrogens is 1550 g/mol. The molecule has 10 N–H and O–H groups in total. The number of hydrogen-bond acceptors (Lipinski definition) is 24. The molecule has 0 spiro atoms. The third-order valence-electron chi connectivity index (χ3n) is 23.9. The number of aliphatic hydroxyl groups is 9. The minimum atomic E-state index is -5.81. The van der Waals surface area contributed by atoms with Crippen LogP contribution in [0.3, 0.4) is 0 Å². The van der Waals surface area contributed by atoms with Gasteiger partial charge in [-0.2, -0.15) is 0 Å². The molecule has 0 aromatic rings. The summed E-state index contributed by atoms with van der Waals surface area (Å²) in [5.74, 6) is -2.30. The van der Waals surface area contributed by atoms with Gasteiger partial charge in [0, 0.05) is 25.7 Å². The summed E-state index contributed by atoms with van der Waals surface area (Å²) in [7, 11) is -5.81. The Morgan fingerprint density at radius 2 is 0.681 bits per heavy atom. The molecule has 3 fully saturated rings. The zero-order valence-electron chi connectivity index (χ0n) is 74.8. The summed E-state index contributed by atoms with van der Waals surface area (Å²) in [6, 6.07) is 0. The maximum absolute atomic E-state index is 14.9. The van der Waals surface area contributed by atoms with Gasteiger partial charge in [0.2, 0.25) is 0 Å². The molecule has 2 aliphatic heterocycles. The smallest absolute Gasteiger partial charge is 0.463 e. The number of carbonyl (C=O) groups is 4. The van der Waals surface area contributed by atoms with Crippen molar-refractivity contribution >= 4 is 31.7 Å². The summed E-state index contributed by atoms with van der Waals surface area (Å²) in [6.07, 6.45) is 29.2. The van der Waals surface area contributed by atoms with E-state index >= 15 is 0 Å².